The van der Waals surface area contributed by atoms with Crippen LogP contribution < -0.4 is 5.32 Å². The highest BCUT2D eigenvalue weighted by molar-refractivity contribution is 5.73. The smallest absolute Gasteiger partial charge is 0.217 e. The SMILES string of the molecule is CC(=O)N[C@H]1[C@@H](OC(C)(C)C)O[C@H](CO)[C@@H](O)[C@@H]1O. The number of nitrogens with one attached hydrogen (secondary N) is 1. The molecule has 0 spiro atoms. The van der Waals surface area contributed by atoms with Gasteiger partial charge in [-0.1, -0.05) is 0 Å². The summed E-state index contributed by atoms with van der Waals surface area (Å²) in [6.45, 7) is 6.24. The third-order valence-electron chi connectivity index (χ3n) is 2.72. The van der Waals surface area contributed by atoms with Crippen LogP contribution in [0.5, 0.6) is 0 Å². The highest BCUT2D eigenvalue weighted by atomic mass is 16.7. The molecule has 1 aliphatic rings. The van der Waals surface area contributed by atoms with Crippen molar-refractivity contribution in [1.82, 2.24) is 5.32 Å². The summed E-state index contributed by atoms with van der Waals surface area (Å²) in [4.78, 5) is 11.2. The Morgan fingerprint density at radius 2 is 1.89 bits per heavy atom. The molecule has 1 amide bonds. The number of amides is 1. The van der Waals surface area contributed by atoms with Gasteiger partial charge in [0.25, 0.3) is 0 Å². The fourth-order valence-electron chi connectivity index (χ4n) is 1.92. The number of carbonyl (C=O) groups is 1. The highest BCUT2D eigenvalue weighted by Crippen LogP contribution is 2.25. The second-order valence-electron chi connectivity index (χ2n) is 5.66. The van der Waals surface area contributed by atoms with Gasteiger partial charge >= 0.3 is 0 Å². The van der Waals surface area contributed by atoms with Crippen molar-refractivity contribution in [2.75, 3.05) is 6.61 Å². The first kappa shape index (κ1) is 16.3. The molecule has 0 unspecified atom stereocenters. The summed E-state index contributed by atoms with van der Waals surface area (Å²) >= 11 is 0. The molecule has 1 rings (SSSR count). The predicted molar refractivity (Wildman–Crippen MR) is 66.2 cm³/mol. The minimum atomic E-state index is -1.29. The highest BCUT2D eigenvalue weighted by Gasteiger charge is 2.46. The van der Waals surface area contributed by atoms with Gasteiger partial charge in [0.2, 0.25) is 5.91 Å². The van der Waals surface area contributed by atoms with Crippen LogP contribution >= 0.6 is 0 Å². The van der Waals surface area contributed by atoms with Crippen molar-refractivity contribution < 1.29 is 29.6 Å². The van der Waals surface area contributed by atoms with Crippen LogP contribution in [-0.2, 0) is 14.3 Å². The van der Waals surface area contributed by atoms with Crippen molar-refractivity contribution in [3.05, 3.63) is 0 Å². The molecule has 1 fully saturated rings. The Bertz CT molecular complexity index is 316. The average molecular weight is 277 g/mol. The molecule has 7 heteroatoms. The first-order chi connectivity index (χ1) is 8.65. The molecule has 4 N–H and O–H groups in total. The molecule has 0 aromatic heterocycles. The molecule has 1 saturated heterocycles. The van der Waals surface area contributed by atoms with Gasteiger partial charge in [-0.3, -0.25) is 4.79 Å². The number of ether oxygens (including phenoxy) is 2. The van der Waals surface area contributed by atoms with E-state index in [4.69, 9.17) is 14.6 Å². The van der Waals surface area contributed by atoms with Crippen LogP contribution in [0.25, 0.3) is 0 Å². The number of aliphatic hydroxyl groups is 3. The van der Waals surface area contributed by atoms with E-state index in [-0.39, 0.29) is 5.91 Å². The van der Waals surface area contributed by atoms with Crippen molar-refractivity contribution >= 4 is 5.91 Å². The van der Waals surface area contributed by atoms with Gasteiger partial charge in [-0.05, 0) is 20.8 Å². The summed E-state index contributed by atoms with van der Waals surface area (Å²) in [6.07, 6.45) is -4.46. The number of aliphatic hydroxyl groups excluding tert-OH is 3. The van der Waals surface area contributed by atoms with Crippen molar-refractivity contribution in [2.24, 2.45) is 0 Å². The largest absolute Gasteiger partial charge is 0.394 e. The minimum Gasteiger partial charge on any atom is -0.394 e. The van der Waals surface area contributed by atoms with E-state index in [0.717, 1.165) is 0 Å². The number of carbonyl (C=O) groups excluding carboxylic acids is 1. The number of hydrogen-bond acceptors (Lipinski definition) is 6. The van der Waals surface area contributed by atoms with Gasteiger partial charge in [0, 0.05) is 6.92 Å². The Morgan fingerprint density at radius 1 is 1.32 bits per heavy atom. The summed E-state index contributed by atoms with van der Waals surface area (Å²) in [7, 11) is 0. The lowest BCUT2D eigenvalue weighted by Crippen LogP contribution is -2.65. The molecular formula is C12H23NO6. The molecule has 0 radical (unpaired) electrons. The van der Waals surface area contributed by atoms with E-state index in [0.29, 0.717) is 0 Å². The van der Waals surface area contributed by atoms with Crippen LogP contribution in [0, 0.1) is 0 Å². The monoisotopic (exact) mass is 277 g/mol. The van der Waals surface area contributed by atoms with Gasteiger partial charge in [0.15, 0.2) is 6.29 Å². The van der Waals surface area contributed by atoms with Crippen LogP contribution in [0.3, 0.4) is 0 Å². The standard InChI is InChI=1S/C12H23NO6/c1-6(15)13-8-10(17)9(16)7(5-14)18-11(8)19-12(2,3)4/h7-11,14,16-17H,5H2,1-4H3,(H,13,15)/t7-,8-,9-,10-,11-/m1/s1. The third-order valence-corrected chi connectivity index (χ3v) is 2.72. The molecule has 5 atom stereocenters. The van der Waals surface area contributed by atoms with Crippen molar-refractivity contribution in [1.29, 1.82) is 0 Å². The maximum absolute atomic E-state index is 11.2. The summed E-state index contributed by atoms with van der Waals surface area (Å²) in [5.74, 6) is -0.371. The molecule has 19 heavy (non-hydrogen) atoms. The second kappa shape index (κ2) is 6.15. The Labute approximate surface area is 112 Å². The van der Waals surface area contributed by atoms with Crippen LogP contribution in [0.1, 0.15) is 27.7 Å². The van der Waals surface area contributed by atoms with E-state index in [1.54, 1.807) is 20.8 Å². The van der Waals surface area contributed by atoms with E-state index in [9.17, 15) is 15.0 Å². The van der Waals surface area contributed by atoms with Crippen molar-refractivity contribution in [2.45, 2.75) is 63.9 Å². The van der Waals surface area contributed by atoms with Crippen LogP contribution in [0.2, 0.25) is 0 Å². The maximum Gasteiger partial charge on any atom is 0.217 e. The zero-order chi connectivity index (χ0) is 14.8. The summed E-state index contributed by atoms with van der Waals surface area (Å²) in [6, 6.07) is -0.894. The Hall–Kier alpha value is -0.730. The summed E-state index contributed by atoms with van der Waals surface area (Å²) in [5, 5.41) is 31.4. The lowest BCUT2D eigenvalue weighted by molar-refractivity contribution is -0.292. The molecular weight excluding hydrogens is 254 g/mol. The molecule has 1 aliphatic heterocycles. The van der Waals surface area contributed by atoms with E-state index >= 15 is 0 Å². The molecule has 0 saturated carbocycles. The van der Waals surface area contributed by atoms with Crippen LogP contribution in [0.4, 0.5) is 0 Å². The first-order valence-corrected chi connectivity index (χ1v) is 6.23. The molecule has 7 nitrogen and oxygen atoms in total. The normalized spacial score (nSPS) is 36.1. The topological polar surface area (TPSA) is 108 Å². The quantitative estimate of drug-likeness (QED) is 0.513. The Balaban J connectivity index is 2.89. The number of hydrogen-bond donors (Lipinski definition) is 4. The second-order valence-corrected chi connectivity index (χ2v) is 5.66. The van der Waals surface area contributed by atoms with Gasteiger partial charge in [-0.15, -0.1) is 0 Å². The molecule has 1 heterocycles. The van der Waals surface area contributed by atoms with Crippen LogP contribution in [0.15, 0.2) is 0 Å². The van der Waals surface area contributed by atoms with Gasteiger partial charge < -0.3 is 30.1 Å². The molecule has 0 bridgehead atoms. The summed E-state index contributed by atoms with van der Waals surface area (Å²) < 4.78 is 11.0. The Kier molecular flexibility index (Phi) is 5.28. The molecule has 112 valence electrons. The van der Waals surface area contributed by atoms with Gasteiger partial charge in [0.05, 0.1) is 12.2 Å². The van der Waals surface area contributed by atoms with Gasteiger partial charge in [-0.2, -0.15) is 0 Å². The Morgan fingerprint density at radius 3 is 2.32 bits per heavy atom. The van der Waals surface area contributed by atoms with Crippen molar-refractivity contribution in [3.8, 4) is 0 Å². The van der Waals surface area contributed by atoms with Crippen LogP contribution in [-0.4, -0.2) is 64.1 Å². The third kappa shape index (κ3) is 4.39. The molecule has 0 aliphatic carbocycles. The summed E-state index contributed by atoms with van der Waals surface area (Å²) in [5.41, 5.74) is -0.566. The van der Waals surface area contributed by atoms with Gasteiger partial charge in [0.1, 0.15) is 24.4 Å². The van der Waals surface area contributed by atoms with E-state index < -0.39 is 42.9 Å². The van der Waals surface area contributed by atoms with Crippen molar-refractivity contribution in [3.63, 3.8) is 0 Å². The lowest BCUT2D eigenvalue weighted by atomic mass is 9.96. The molecule has 0 aromatic rings. The first-order valence-electron chi connectivity index (χ1n) is 6.23. The predicted octanol–water partition coefficient (Wildman–Crippen LogP) is -1.25. The molecule has 0 aromatic carbocycles. The lowest BCUT2D eigenvalue weighted by Gasteiger charge is -2.44. The number of rotatable bonds is 3. The van der Waals surface area contributed by atoms with E-state index in [1.807, 2.05) is 0 Å². The maximum atomic E-state index is 11.2. The van der Waals surface area contributed by atoms with Gasteiger partial charge in [-0.25, -0.2) is 0 Å². The average Bonchev–Trinajstić information content (AvgIpc) is 2.26. The van der Waals surface area contributed by atoms with E-state index in [2.05, 4.69) is 5.32 Å². The van der Waals surface area contributed by atoms with E-state index in [1.165, 1.54) is 6.92 Å². The fraction of sp³-hybridized carbons (Fsp3) is 0.917. The zero-order valence-corrected chi connectivity index (χ0v) is 11.7. The fourth-order valence-corrected chi connectivity index (χ4v) is 1.92. The minimum absolute atomic E-state index is 0.371. The zero-order valence-electron chi connectivity index (χ0n) is 11.7.